The van der Waals surface area contributed by atoms with Gasteiger partial charge in [0.05, 0.1) is 32.9 Å². The van der Waals surface area contributed by atoms with Crippen molar-refractivity contribution in [1.82, 2.24) is 10.3 Å². The molecule has 128 valence electrons. The number of hydrogen-bond acceptors (Lipinski definition) is 6. The van der Waals surface area contributed by atoms with E-state index >= 15 is 0 Å². The van der Waals surface area contributed by atoms with Crippen molar-refractivity contribution in [3.05, 3.63) is 24.4 Å². The summed E-state index contributed by atoms with van der Waals surface area (Å²) in [4.78, 5) is 18.4. The third kappa shape index (κ3) is 2.94. The first-order chi connectivity index (χ1) is 11.7. The average Bonchev–Trinajstić information content (AvgIpc) is 2.65. The van der Waals surface area contributed by atoms with Crippen molar-refractivity contribution in [2.45, 2.75) is 6.10 Å². The maximum Gasteiger partial charge on any atom is 0.250 e. The van der Waals surface area contributed by atoms with Crippen LogP contribution >= 0.6 is 0 Å². The lowest BCUT2D eigenvalue weighted by Gasteiger charge is -2.34. The van der Waals surface area contributed by atoms with Gasteiger partial charge in [-0.05, 0) is 12.1 Å². The van der Waals surface area contributed by atoms with Gasteiger partial charge in [0, 0.05) is 36.9 Å². The fraction of sp³-hybridized carbons (Fsp3) is 0.412. The van der Waals surface area contributed by atoms with Crippen LogP contribution in [0.5, 0.6) is 11.5 Å². The molecule has 1 saturated heterocycles. The van der Waals surface area contributed by atoms with Gasteiger partial charge in [-0.3, -0.25) is 9.78 Å². The van der Waals surface area contributed by atoms with Gasteiger partial charge in [0.25, 0.3) is 5.91 Å². The first-order valence-corrected chi connectivity index (χ1v) is 7.76. The van der Waals surface area contributed by atoms with E-state index in [0.717, 1.165) is 16.6 Å². The highest BCUT2D eigenvalue weighted by atomic mass is 16.5. The Bertz CT molecular complexity index is 750. The van der Waals surface area contributed by atoms with Crippen LogP contribution in [-0.2, 0) is 9.53 Å². The van der Waals surface area contributed by atoms with Gasteiger partial charge in [0.2, 0.25) is 0 Å². The molecule has 3 rings (SSSR count). The van der Waals surface area contributed by atoms with Crippen LogP contribution < -0.4 is 19.7 Å². The highest BCUT2D eigenvalue weighted by Crippen LogP contribution is 2.36. The number of nitrogens with one attached hydrogen (secondary N) is 1. The van der Waals surface area contributed by atoms with Crippen LogP contribution in [0.15, 0.2) is 24.4 Å². The second kappa shape index (κ2) is 6.92. The van der Waals surface area contributed by atoms with Crippen molar-refractivity contribution < 1.29 is 19.0 Å². The molecule has 1 aromatic carbocycles. The number of hydrogen-bond donors (Lipinski definition) is 1. The van der Waals surface area contributed by atoms with Gasteiger partial charge in [0.1, 0.15) is 0 Å². The lowest BCUT2D eigenvalue weighted by Crippen LogP contribution is -2.49. The number of pyridine rings is 1. The number of anilines is 1. The first kappa shape index (κ1) is 16.3. The summed E-state index contributed by atoms with van der Waals surface area (Å²) < 4.78 is 16.3. The fourth-order valence-electron chi connectivity index (χ4n) is 2.92. The summed E-state index contributed by atoms with van der Waals surface area (Å²) in [6.07, 6.45) is 1.28. The number of carbonyl (C=O) groups excluding carboxylic acids is 1. The predicted octanol–water partition coefficient (Wildman–Crippen LogP) is 1.20. The molecule has 1 aliphatic rings. The van der Waals surface area contributed by atoms with E-state index in [9.17, 15) is 4.79 Å². The summed E-state index contributed by atoms with van der Waals surface area (Å²) in [7, 11) is 4.82. The molecule has 0 saturated carbocycles. The molecular weight excluding hydrogens is 310 g/mol. The van der Waals surface area contributed by atoms with Gasteiger partial charge in [-0.15, -0.1) is 0 Å². The van der Waals surface area contributed by atoms with Gasteiger partial charge in [-0.1, -0.05) is 0 Å². The van der Waals surface area contributed by atoms with E-state index in [4.69, 9.17) is 14.2 Å². The minimum Gasteiger partial charge on any atom is -0.493 e. The quantitative estimate of drug-likeness (QED) is 0.908. The number of benzene rings is 1. The van der Waals surface area contributed by atoms with E-state index in [-0.39, 0.29) is 5.91 Å². The maximum absolute atomic E-state index is 11.9. The van der Waals surface area contributed by atoms with E-state index < -0.39 is 6.10 Å². The van der Waals surface area contributed by atoms with Crippen molar-refractivity contribution in [3.8, 4) is 11.5 Å². The Morgan fingerprint density at radius 3 is 2.79 bits per heavy atom. The van der Waals surface area contributed by atoms with Crippen LogP contribution in [0.25, 0.3) is 10.9 Å². The molecule has 7 nitrogen and oxygen atoms in total. The van der Waals surface area contributed by atoms with Gasteiger partial charge in [-0.2, -0.15) is 0 Å². The molecule has 1 amide bonds. The summed E-state index contributed by atoms with van der Waals surface area (Å²) in [6.45, 7) is 1.70. The molecule has 1 fully saturated rings. The van der Waals surface area contributed by atoms with Crippen LogP contribution in [0, 0.1) is 0 Å². The zero-order valence-corrected chi connectivity index (χ0v) is 14.0. The standard InChI is InChI=1S/C17H21N3O4/c1-18-17(21)16-10-20(6-7-24-16)13-4-5-19-12-9-15(23-3)14(22-2)8-11(12)13/h4-5,8-9,16H,6-7,10H2,1-3H3,(H,18,21). The first-order valence-electron chi connectivity index (χ1n) is 7.76. The molecule has 1 unspecified atom stereocenters. The van der Waals surface area contributed by atoms with E-state index in [1.54, 1.807) is 27.5 Å². The Morgan fingerprint density at radius 2 is 2.08 bits per heavy atom. The van der Waals surface area contributed by atoms with E-state index in [0.29, 0.717) is 31.2 Å². The summed E-state index contributed by atoms with van der Waals surface area (Å²) >= 11 is 0. The molecule has 1 atom stereocenters. The monoisotopic (exact) mass is 331 g/mol. The minimum absolute atomic E-state index is 0.114. The predicted molar refractivity (Wildman–Crippen MR) is 90.9 cm³/mol. The number of ether oxygens (including phenoxy) is 3. The van der Waals surface area contributed by atoms with Crippen LogP contribution in [0.2, 0.25) is 0 Å². The van der Waals surface area contributed by atoms with E-state index in [1.165, 1.54) is 0 Å². The zero-order valence-electron chi connectivity index (χ0n) is 14.0. The SMILES string of the molecule is CNC(=O)C1CN(c2ccnc3cc(OC)c(OC)cc23)CCO1. The Balaban J connectivity index is 2.01. The van der Waals surface area contributed by atoms with Crippen molar-refractivity contribution in [2.75, 3.05) is 45.9 Å². The van der Waals surface area contributed by atoms with Crippen LogP contribution in [0.4, 0.5) is 5.69 Å². The third-order valence-corrected chi connectivity index (χ3v) is 4.17. The maximum atomic E-state index is 11.9. The molecule has 1 N–H and O–H groups in total. The Hall–Kier alpha value is -2.54. The lowest BCUT2D eigenvalue weighted by atomic mass is 10.1. The topological polar surface area (TPSA) is 72.9 Å². The summed E-state index contributed by atoms with van der Waals surface area (Å²) in [6, 6.07) is 5.72. The smallest absolute Gasteiger partial charge is 0.250 e. The Kier molecular flexibility index (Phi) is 4.71. The van der Waals surface area contributed by atoms with Crippen LogP contribution in [0.1, 0.15) is 0 Å². The highest BCUT2D eigenvalue weighted by Gasteiger charge is 2.27. The number of nitrogens with zero attached hydrogens (tertiary/aromatic N) is 2. The number of likely N-dealkylation sites (N-methyl/N-ethyl adjacent to an activating group) is 1. The third-order valence-electron chi connectivity index (χ3n) is 4.17. The molecule has 1 aliphatic heterocycles. The van der Waals surface area contributed by atoms with E-state index in [1.807, 2.05) is 18.2 Å². The molecule has 0 spiro atoms. The van der Waals surface area contributed by atoms with Crippen molar-refractivity contribution in [3.63, 3.8) is 0 Å². The Labute approximate surface area is 140 Å². The van der Waals surface area contributed by atoms with Crippen molar-refractivity contribution >= 4 is 22.5 Å². The summed E-state index contributed by atoms with van der Waals surface area (Å²) in [5.41, 5.74) is 1.81. The average molecular weight is 331 g/mol. The summed E-state index contributed by atoms with van der Waals surface area (Å²) in [5, 5.41) is 3.59. The number of carbonyl (C=O) groups is 1. The van der Waals surface area contributed by atoms with Gasteiger partial charge in [-0.25, -0.2) is 0 Å². The van der Waals surface area contributed by atoms with Crippen molar-refractivity contribution in [1.29, 1.82) is 0 Å². The number of amides is 1. The van der Waals surface area contributed by atoms with Crippen molar-refractivity contribution in [2.24, 2.45) is 0 Å². The highest BCUT2D eigenvalue weighted by molar-refractivity contribution is 5.94. The molecular formula is C17H21N3O4. The second-order valence-electron chi connectivity index (χ2n) is 5.47. The molecule has 0 bridgehead atoms. The number of morpholine rings is 1. The molecule has 0 aliphatic carbocycles. The number of rotatable bonds is 4. The van der Waals surface area contributed by atoms with Crippen LogP contribution in [-0.4, -0.2) is 58.0 Å². The van der Waals surface area contributed by atoms with E-state index in [2.05, 4.69) is 15.2 Å². The van der Waals surface area contributed by atoms with Gasteiger partial charge < -0.3 is 24.4 Å². The molecule has 2 aromatic rings. The van der Waals surface area contributed by atoms with Gasteiger partial charge >= 0.3 is 0 Å². The fourth-order valence-corrected chi connectivity index (χ4v) is 2.92. The molecule has 24 heavy (non-hydrogen) atoms. The molecule has 7 heteroatoms. The number of fused-ring (bicyclic) bond motifs is 1. The molecule has 2 heterocycles. The zero-order chi connectivity index (χ0) is 17.1. The van der Waals surface area contributed by atoms with Crippen LogP contribution in [0.3, 0.4) is 0 Å². The van der Waals surface area contributed by atoms with Gasteiger partial charge in [0.15, 0.2) is 17.6 Å². The second-order valence-corrected chi connectivity index (χ2v) is 5.47. The molecule has 0 radical (unpaired) electrons. The Morgan fingerprint density at radius 1 is 1.33 bits per heavy atom. The lowest BCUT2D eigenvalue weighted by molar-refractivity contribution is -0.132. The normalized spacial score (nSPS) is 17.6. The number of aromatic nitrogens is 1. The molecule has 1 aromatic heterocycles. The summed E-state index contributed by atoms with van der Waals surface area (Å²) in [5.74, 6) is 1.17. The largest absolute Gasteiger partial charge is 0.493 e. The minimum atomic E-state index is -0.480. The number of methoxy groups -OCH3 is 2.